The molecule has 2 aromatic rings. The van der Waals surface area contributed by atoms with E-state index >= 15 is 0 Å². The lowest BCUT2D eigenvalue weighted by atomic mass is 9.42. The molecule has 6 heteroatoms. The predicted octanol–water partition coefficient (Wildman–Crippen LogP) is 4.14. The number of aromatic nitrogens is 1. The van der Waals surface area contributed by atoms with E-state index in [1.165, 1.54) is 0 Å². The lowest BCUT2D eigenvalue weighted by Gasteiger charge is -2.62. The number of benzene rings is 1. The van der Waals surface area contributed by atoms with Crippen LogP contribution in [-0.4, -0.2) is 43.4 Å². The summed E-state index contributed by atoms with van der Waals surface area (Å²) in [7, 11) is 0. The van der Waals surface area contributed by atoms with Crippen molar-refractivity contribution in [1.29, 1.82) is 0 Å². The molecule has 170 valence electrons. The first-order valence-corrected chi connectivity index (χ1v) is 11.6. The summed E-state index contributed by atoms with van der Waals surface area (Å²) in [4.78, 5) is 7.52. The summed E-state index contributed by atoms with van der Waals surface area (Å²) < 4.78 is 0. The third kappa shape index (κ3) is 1.91. The molecule has 0 bridgehead atoms. The number of nitrogens with one attached hydrogen (secondary N) is 1. The Labute approximate surface area is 193 Å². The number of H-pyrrole nitrogens is 1. The van der Waals surface area contributed by atoms with Gasteiger partial charge in [-0.25, -0.2) is 6.57 Å². The van der Waals surface area contributed by atoms with Crippen molar-refractivity contribution in [3.63, 3.8) is 0 Å². The van der Waals surface area contributed by atoms with Gasteiger partial charge in [-0.3, -0.25) is 0 Å². The van der Waals surface area contributed by atoms with E-state index in [9.17, 15) is 15.3 Å². The van der Waals surface area contributed by atoms with Crippen molar-refractivity contribution < 1.29 is 15.3 Å². The molecule has 5 nitrogen and oxygen atoms in total. The third-order valence-electron chi connectivity index (χ3n) is 9.48. The Kier molecular flexibility index (Phi) is 4.11. The first kappa shape index (κ1) is 22.0. The van der Waals surface area contributed by atoms with Crippen LogP contribution in [-0.2, 0) is 16.4 Å². The molecule has 3 aliphatic rings. The van der Waals surface area contributed by atoms with E-state index in [1.54, 1.807) is 13.0 Å². The minimum atomic E-state index is -1.83. The topological polar surface area (TPSA) is 80.8 Å². The number of aliphatic hydroxyl groups is 3. The van der Waals surface area contributed by atoms with Gasteiger partial charge < -0.3 is 25.1 Å². The van der Waals surface area contributed by atoms with Crippen molar-refractivity contribution in [2.75, 3.05) is 0 Å². The molecule has 7 unspecified atom stereocenters. The average molecular weight is 455 g/mol. The van der Waals surface area contributed by atoms with Crippen LogP contribution in [0, 0.1) is 17.9 Å². The van der Waals surface area contributed by atoms with Crippen LogP contribution in [0.25, 0.3) is 15.7 Å². The first-order chi connectivity index (χ1) is 14.8. The Morgan fingerprint density at radius 2 is 1.81 bits per heavy atom. The van der Waals surface area contributed by atoms with Crippen molar-refractivity contribution in [3.8, 4) is 0 Å². The maximum absolute atomic E-state index is 13.0. The lowest BCUT2D eigenvalue weighted by Crippen LogP contribution is -2.76. The molecule has 0 spiro atoms. The molecule has 1 aromatic carbocycles. The van der Waals surface area contributed by atoms with Crippen molar-refractivity contribution in [2.45, 2.75) is 80.6 Å². The van der Waals surface area contributed by atoms with Gasteiger partial charge in [-0.05, 0) is 30.4 Å². The molecule has 0 aliphatic heterocycles. The van der Waals surface area contributed by atoms with E-state index < -0.39 is 50.9 Å². The molecule has 1 fully saturated rings. The molecular formula is C26H31ClN2O3. The van der Waals surface area contributed by atoms with Crippen molar-refractivity contribution in [1.82, 2.24) is 4.98 Å². The van der Waals surface area contributed by atoms with Gasteiger partial charge in [-0.15, -0.1) is 18.2 Å². The van der Waals surface area contributed by atoms with E-state index in [2.05, 4.69) is 36.3 Å². The maximum Gasteiger partial charge on any atom is 0.302 e. The zero-order valence-corrected chi connectivity index (χ0v) is 20.0. The highest BCUT2D eigenvalue weighted by Crippen LogP contribution is 2.71. The van der Waals surface area contributed by atoms with Crippen LogP contribution in [0.15, 0.2) is 30.9 Å². The van der Waals surface area contributed by atoms with E-state index in [0.29, 0.717) is 17.7 Å². The largest absolute Gasteiger partial charge is 0.389 e. The third-order valence-corrected chi connectivity index (χ3v) is 10.1. The Morgan fingerprint density at radius 1 is 1.16 bits per heavy atom. The lowest BCUT2D eigenvalue weighted by molar-refractivity contribution is -0.206. The number of alkyl halides is 1. The van der Waals surface area contributed by atoms with E-state index in [-0.39, 0.29) is 0 Å². The standard InChI is InChI=1S/C26H31ClN2O3/c1-8-24(6)16(27)12-15-22(2,3)13-10-9-11-14-17(13)18-19(29-14)23(4,5)20(30)21(31)26(24,28-7)25(15,18)32/h8-11,15-16,20-21,29-32H,1,12H2,2-6H3. The zero-order valence-electron chi connectivity index (χ0n) is 19.2. The number of rotatable bonds is 1. The van der Waals surface area contributed by atoms with Crippen LogP contribution in [0.1, 0.15) is 57.9 Å². The molecule has 3 aliphatic carbocycles. The van der Waals surface area contributed by atoms with Gasteiger partial charge in [0.15, 0.2) is 11.7 Å². The second-order valence-corrected chi connectivity index (χ2v) is 11.9. The molecule has 1 heterocycles. The molecular weight excluding hydrogens is 424 g/mol. The molecule has 0 amide bonds. The van der Waals surface area contributed by atoms with E-state index in [4.69, 9.17) is 18.2 Å². The van der Waals surface area contributed by atoms with Crippen LogP contribution in [0.5, 0.6) is 0 Å². The van der Waals surface area contributed by atoms with Crippen molar-refractivity contribution in [2.24, 2.45) is 11.3 Å². The number of halogens is 1. The molecule has 4 N–H and O–H groups in total. The minimum absolute atomic E-state index is 0.439. The number of nitrogens with zero attached hydrogens (tertiary/aromatic N) is 1. The van der Waals surface area contributed by atoms with Crippen molar-refractivity contribution >= 4 is 22.5 Å². The summed E-state index contributed by atoms with van der Waals surface area (Å²) in [6.45, 7) is 22.1. The highest BCUT2D eigenvalue weighted by atomic mass is 35.5. The fourth-order valence-corrected chi connectivity index (χ4v) is 7.86. The summed E-state index contributed by atoms with van der Waals surface area (Å²) >= 11 is 7.01. The molecule has 1 saturated carbocycles. The van der Waals surface area contributed by atoms with Gasteiger partial charge in [-0.1, -0.05) is 45.9 Å². The molecule has 0 radical (unpaired) electrons. The quantitative estimate of drug-likeness (QED) is 0.297. The summed E-state index contributed by atoms with van der Waals surface area (Å²) in [5.74, 6) is -0.456. The van der Waals surface area contributed by atoms with E-state index in [1.807, 2.05) is 26.0 Å². The number of aliphatic hydroxyl groups excluding tert-OH is 2. The summed E-state index contributed by atoms with van der Waals surface area (Å²) in [5, 5.41) is 36.7. The number of hydrogen-bond acceptors (Lipinski definition) is 3. The number of aromatic amines is 1. The van der Waals surface area contributed by atoms with Crippen LogP contribution < -0.4 is 0 Å². The normalized spacial score (nSPS) is 43.4. The highest BCUT2D eigenvalue weighted by Gasteiger charge is 2.83. The van der Waals surface area contributed by atoms with Gasteiger partial charge in [0, 0.05) is 33.5 Å². The van der Waals surface area contributed by atoms with E-state index in [0.717, 1.165) is 16.5 Å². The Balaban J connectivity index is 2.09. The molecule has 0 saturated heterocycles. The number of hydrogen-bond donors (Lipinski definition) is 4. The summed E-state index contributed by atoms with van der Waals surface area (Å²) in [6, 6.07) is 6.03. The van der Waals surface area contributed by atoms with Gasteiger partial charge in [0.2, 0.25) is 0 Å². The summed E-state index contributed by atoms with van der Waals surface area (Å²) in [6.07, 6.45) is -0.829. The molecule has 32 heavy (non-hydrogen) atoms. The van der Waals surface area contributed by atoms with Gasteiger partial charge in [0.05, 0.1) is 16.9 Å². The van der Waals surface area contributed by atoms with Gasteiger partial charge in [0.1, 0.15) is 0 Å². The van der Waals surface area contributed by atoms with Gasteiger partial charge >= 0.3 is 5.54 Å². The van der Waals surface area contributed by atoms with Gasteiger partial charge in [-0.2, -0.15) is 0 Å². The Hall–Kier alpha value is -1.84. The van der Waals surface area contributed by atoms with Crippen LogP contribution in [0.4, 0.5) is 0 Å². The Morgan fingerprint density at radius 3 is 2.41 bits per heavy atom. The predicted molar refractivity (Wildman–Crippen MR) is 126 cm³/mol. The van der Waals surface area contributed by atoms with Gasteiger partial charge in [0.25, 0.3) is 0 Å². The smallest absolute Gasteiger partial charge is 0.302 e. The first-order valence-electron chi connectivity index (χ1n) is 11.2. The highest BCUT2D eigenvalue weighted by molar-refractivity contribution is 6.21. The molecule has 7 atom stereocenters. The zero-order chi connectivity index (χ0) is 23.6. The fraction of sp³-hybridized carbons (Fsp3) is 0.577. The van der Waals surface area contributed by atoms with Crippen LogP contribution in [0.2, 0.25) is 0 Å². The SMILES string of the molecule is [C-]#[N+]C12C(O)C(O)C(C)(C)c3[nH]c4cccc5c4c3C1(O)C(CC(Cl)C2(C)C=C)C5(C)C. The molecule has 1 aromatic heterocycles. The monoisotopic (exact) mass is 454 g/mol. The van der Waals surface area contributed by atoms with Crippen molar-refractivity contribution in [3.05, 3.63) is 59.1 Å². The second-order valence-electron chi connectivity index (χ2n) is 11.3. The molecule has 5 rings (SSSR count). The summed E-state index contributed by atoms with van der Waals surface area (Å²) in [5.41, 5.74) is -3.02. The van der Waals surface area contributed by atoms with Crippen LogP contribution >= 0.6 is 11.6 Å². The Bertz CT molecular complexity index is 1210. The minimum Gasteiger partial charge on any atom is -0.389 e. The fourth-order valence-electron chi connectivity index (χ4n) is 7.43. The second kappa shape index (κ2) is 5.98. The maximum atomic E-state index is 13.0. The average Bonchev–Trinajstić information content (AvgIpc) is 3.14. The van der Waals surface area contributed by atoms with Crippen LogP contribution in [0.3, 0.4) is 0 Å².